The van der Waals surface area contributed by atoms with Crippen molar-refractivity contribution < 1.29 is 13.2 Å². The number of piperazine rings is 1. The van der Waals surface area contributed by atoms with Crippen LogP contribution in [-0.2, 0) is 0 Å². The third kappa shape index (κ3) is 4.37. The summed E-state index contributed by atoms with van der Waals surface area (Å²) in [6.07, 6.45) is 1.98. The molecule has 1 aromatic carbocycles. The molecule has 1 aromatic rings. The molecule has 0 amide bonds. The summed E-state index contributed by atoms with van der Waals surface area (Å²) in [7, 11) is 0. The summed E-state index contributed by atoms with van der Waals surface area (Å²) in [4.78, 5) is 2.24. The summed E-state index contributed by atoms with van der Waals surface area (Å²) in [5.41, 5.74) is 0.536. The van der Waals surface area contributed by atoms with Crippen LogP contribution in [0, 0.1) is 23.4 Å². The molecular formula is C16H24ClF3N2. The Morgan fingerprint density at radius 1 is 1.14 bits per heavy atom. The Bertz CT molecular complexity index is 455. The van der Waals surface area contributed by atoms with Gasteiger partial charge in [-0.2, -0.15) is 0 Å². The van der Waals surface area contributed by atoms with Gasteiger partial charge >= 0.3 is 0 Å². The topological polar surface area (TPSA) is 15.3 Å². The monoisotopic (exact) mass is 336 g/mol. The molecule has 6 heteroatoms. The van der Waals surface area contributed by atoms with Gasteiger partial charge in [0.1, 0.15) is 0 Å². The van der Waals surface area contributed by atoms with Crippen molar-refractivity contribution in [2.45, 2.75) is 32.7 Å². The van der Waals surface area contributed by atoms with E-state index in [1.165, 1.54) is 0 Å². The van der Waals surface area contributed by atoms with E-state index < -0.39 is 17.5 Å². The molecule has 0 spiro atoms. The lowest BCUT2D eigenvalue weighted by molar-refractivity contribution is 0.125. The molecule has 2 atom stereocenters. The molecule has 22 heavy (non-hydrogen) atoms. The summed E-state index contributed by atoms with van der Waals surface area (Å²) in [6.45, 7) is 7.58. The largest absolute Gasteiger partial charge is 0.314 e. The zero-order valence-corrected chi connectivity index (χ0v) is 13.9. The van der Waals surface area contributed by atoms with Crippen LogP contribution in [0.3, 0.4) is 0 Å². The number of halogens is 4. The third-order valence-corrected chi connectivity index (χ3v) is 4.18. The first-order valence-electron chi connectivity index (χ1n) is 7.63. The van der Waals surface area contributed by atoms with E-state index in [9.17, 15) is 13.2 Å². The van der Waals surface area contributed by atoms with E-state index in [4.69, 9.17) is 0 Å². The van der Waals surface area contributed by atoms with Crippen LogP contribution in [0.25, 0.3) is 0 Å². The van der Waals surface area contributed by atoms with Gasteiger partial charge in [-0.3, -0.25) is 4.90 Å². The maximum atomic E-state index is 13.6. The van der Waals surface area contributed by atoms with E-state index in [1.54, 1.807) is 0 Å². The highest BCUT2D eigenvalue weighted by atomic mass is 35.5. The molecule has 1 unspecified atom stereocenters. The van der Waals surface area contributed by atoms with Gasteiger partial charge in [0.25, 0.3) is 0 Å². The molecule has 0 radical (unpaired) electrons. The molecule has 0 aliphatic carbocycles. The van der Waals surface area contributed by atoms with Crippen LogP contribution in [0.4, 0.5) is 13.2 Å². The van der Waals surface area contributed by atoms with Gasteiger partial charge in [-0.25, -0.2) is 13.2 Å². The summed E-state index contributed by atoms with van der Waals surface area (Å²) in [5.74, 6) is -3.33. The lowest BCUT2D eigenvalue weighted by atomic mass is 9.89. The Hall–Kier alpha value is -0.780. The second-order valence-electron chi connectivity index (χ2n) is 5.80. The first kappa shape index (κ1) is 19.3. The fourth-order valence-electron chi connectivity index (χ4n) is 3.22. The second-order valence-corrected chi connectivity index (χ2v) is 5.80. The first-order valence-corrected chi connectivity index (χ1v) is 7.63. The number of rotatable bonds is 5. The zero-order valence-electron chi connectivity index (χ0n) is 13.0. The standard InChI is InChI=1S/C16H23F3N2.ClH/c1-3-4-11(2)16(21-7-5-20-6-8-21)12-9-13(17)15(19)14(18)10-12;/h9-11,16,20H,3-8H2,1-2H3;1H/t11?,16-;/m1./s1. The van der Waals surface area contributed by atoms with E-state index in [2.05, 4.69) is 24.1 Å². The highest BCUT2D eigenvalue weighted by molar-refractivity contribution is 5.85. The molecular weight excluding hydrogens is 313 g/mol. The van der Waals surface area contributed by atoms with Crippen LogP contribution >= 0.6 is 12.4 Å². The van der Waals surface area contributed by atoms with Crippen molar-refractivity contribution >= 4 is 12.4 Å². The van der Waals surface area contributed by atoms with Crippen LogP contribution < -0.4 is 5.32 Å². The number of benzene rings is 1. The van der Waals surface area contributed by atoms with Crippen molar-refractivity contribution in [1.82, 2.24) is 10.2 Å². The second kappa shape index (κ2) is 8.75. The fraction of sp³-hybridized carbons (Fsp3) is 0.625. The smallest absolute Gasteiger partial charge is 0.194 e. The van der Waals surface area contributed by atoms with Crippen LogP contribution in [0.15, 0.2) is 12.1 Å². The van der Waals surface area contributed by atoms with Crippen molar-refractivity contribution in [3.63, 3.8) is 0 Å². The molecule has 1 fully saturated rings. The van der Waals surface area contributed by atoms with E-state index >= 15 is 0 Å². The Labute approximate surface area is 136 Å². The van der Waals surface area contributed by atoms with E-state index in [0.717, 1.165) is 51.2 Å². The minimum Gasteiger partial charge on any atom is -0.314 e. The maximum absolute atomic E-state index is 13.6. The predicted molar refractivity (Wildman–Crippen MR) is 84.8 cm³/mol. The summed E-state index contributed by atoms with van der Waals surface area (Å²) < 4.78 is 40.3. The summed E-state index contributed by atoms with van der Waals surface area (Å²) >= 11 is 0. The molecule has 1 aliphatic heterocycles. The van der Waals surface area contributed by atoms with Gasteiger partial charge in [0, 0.05) is 32.2 Å². The van der Waals surface area contributed by atoms with E-state index in [-0.39, 0.29) is 24.4 Å². The molecule has 0 bridgehead atoms. The highest BCUT2D eigenvalue weighted by Gasteiger charge is 2.28. The van der Waals surface area contributed by atoms with Crippen LogP contribution in [0.2, 0.25) is 0 Å². The van der Waals surface area contributed by atoms with Crippen LogP contribution in [0.1, 0.15) is 38.3 Å². The van der Waals surface area contributed by atoms with E-state index in [0.29, 0.717) is 5.56 Å². The Balaban J connectivity index is 0.00000242. The highest BCUT2D eigenvalue weighted by Crippen LogP contribution is 2.33. The average Bonchev–Trinajstić information content (AvgIpc) is 2.46. The lowest BCUT2D eigenvalue weighted by Gasteiger charge is -2.38. The Kier molecular flexibility index (Phi) is 7.66. The number of nitrogens with one attached hydrogen (secondary N) is 1. The predicted octanol–water partition coefficient (Wildman–Crippen LogP) is 3.91. The molecule has 1 heterocycles. The maximum Gasteiger partial charge on any atom is 0.194 e. The minimum atomic E-state index is -1.39. The van der Waals surface area contributed by atoms with Gasteiger partial charge in [-0.15, -0.1) is 12.4 Å². The average molecular weight is 337 g/mol. The number of nitrogens with zero attached hydrogens (tertiary/aromatic N) is 1. The van der Waals surface area contributed by atoms with Crippen molar-refractivity contribution in [2.75, 3.05) is 26.2 Å². The number of hydrogen-bond acceptors (Lipinski definition) is 2. The molecule has 1 aliphatic rings. The summed E-state index contributed by atoms with van der Waals surface area (Å²) in [6, 6.07) is 2.23. The van der Waals surface area contributed by atoms with Gasteiger partial charge in [0.2, 0.25) is 0 Å². The normalized spacial score (nSPS) is 18.6. The van der Waals surface area contributed by atoms with E-state index in [1.807, 2.05) is 0 Å². The molecule has 0 saturated carbocycles. The zero-order chi connectivity index (χ0) is 15.4. The molecule has 126 valence electrons. The van der Waals surface area contributed by atoms with Gasteiger partial charge in [-0.1, -0.05) is 20.3 Å². The van der Waals surface area contributed by atoms with Gasteiger partial charge in [0.15, 0.2) is 17.5 Å². The first-order chi connectivity index (χ1) is 10.0. The Morgan fingerprint density at radius 2 is 1.68 bits per heavy atom. The van der Waals surface area contributed by atoms with Crippen molar-refractivity contribution in [1.29, 1.82) is 0 Å². The third-order valence-electron chi connectivity index (χ3n) is 4.18. The fourth-order valence-corrected chi connectivity index (χ4v) is 3.22. The van der Waals surface area contributed by atoms with Crippen molar-refractivity contribution in [3.8, 4) is 0 Å². The Morgan fingerprint density at radius 3 is 2.18 bits per heavy atom. The van der Waals surface area contributed by atoms with Crippen molar-refractivity contribution in [3.05, 3.63) is 35.1 Å². The van der Waals surface area contributed by atoms with Gasteiger partial charge in [-0.05, 0) is 30.0 Å². The summed E-state index contributed by atoms with van der Waals surface area (Å²) in [5, 5.41) is 3.27. The van der Waals surface area contributed by atoms with Crippen molar-refractivity contribution in [2.24, 2.45) is 5.92 Å². The molecule has 0 aromatic heterocycles. The quantitative estimate of drug-likeness (QED) is 0.820. The van der Waals surface area contributed by atoms with Gasteiger partial charge < -0.3 is 5.32 Å². The molecule has 2 nitrogen and oxygen atoms in total. The number of hydrogen-bond donors (Lipinski definition) is 1. The lowest BCUT2D eigenvalue weighted by Crippen LogP contribution is -2.46. The van der Waals surface area contributed by atoms with Crippen LogP contribution in [0.5, 0.6) is 0 Å². The van der Waals surface area contributed by atoms with Crippen LogP contribution in [-0.4, -0.2) is 31.1 Å². The molecule has 1 N–H and O–H groups in total. The SMILES string of the molecule is CCCC(C)[C@H](c1cc(F)c(F)c(F)c1)N1CCNCC1.Cl. The van der Waals surface area contributed by atoms with Gasteiger partial charge in [0.05, 0.1) is 0 Å². The molecule has 1 saturated heterocycles. The minimum absolute atomic E-state index is 0. The molecule has 2 rings (SSSR count).